The Morgan fingerprint density at radius 2 is 1.96 bits per heavy atom. The van der Waals surface area contributed by atoms with Gasteiger partial charge in [0.1, 0.15) is 11.5 Å². The lowest BCUT2D eigenvalue weighted by molar-refractivity contribution is -0.131. The van der Waals surface area contributed by atoms with Crippen molar-refractivity contribution in [2.45, 2.75) is 39.5 Å². The maximum absolute atomic E-state index is 12.8. The molecule has 1 N–H and O–H groups in total. The minimum Gasteiger partial charge on any atom is -0.497 e. The molecule has 2 atom stereocenters. The second-order valence-corrected chi connectivity index (χ2v) is 7.51. The normalized spacial score (nSPS) is 19.3. The van der Waals surface area contributed by atoms with Crippen molar-refractivity contribution < 1.29 is 19.1 Å². The van der Waals surface area contributed by atoms with Crippen LogP contribution in [0.1, 0.15) is 45.1 Å². The van der Waals surface area contributed by atoms with E-state index in [-0.39, 0.29) is 29.6 Å². The molecule has 0 aliphatic carbocycles. The minimum absolute atomic E-state index is 0.00781. The summed E-state index contributed by atoms with van der Waals surface area (Å²) < 4.78 is 10.9. The van der Waals surface area contributed by atoms with Crippen LogP contribution in [0.15, 0.2) is 18.2 Å². The van der Waals surface area contributed by atoms with E-state index in [1.807, 2.05) is 43.9 Å². The van der Waals surface area contributed by atoms with Gasteiger partial charge in [-0.05, 0) is 30.5 Å². The highest BCUT2D eigenvalue weighted by atomic mass is 16.5. The third-order valence-electron chi connectivity index (χ3n) is 4.98. The summed E-state index contributed by atoms with van der Waals surface area (Å²) in [6, 6.07) is 5.61. The van der Waals surface area contributed by atoms with Crippen LogP contribution in [0.25, 0.3) is 0 Å². The third-order valence-corrected chi connectivity index (χ3v) is 4.98. The molecule has 0 aromatic heterocycles. The van der Waals surface area contributed by atoms with Gasteiger partial charge in [0.25, 0.3) is 0 Å². The van der Waals surface area contributed by atoms with Crippen LogP contribution in [-0.2, 0) is 9.59 Å². The standard InChI is InChI=1S/C21H32N2O4/c1-6-9-22-21(25)18-13-23(20(24)10-14(2)3)12-17(18)16-11-15(26-4)7-8-19(16)27-5/h7-8,11,14,17-18H,6,9-10,12-13H2,1-5H3,(H,22,25)/t17-,18+/m1/s1. The van der Waals surface area contributed by atoms with Crippen LogP contribution in [0.5, 0.6) is 11.5 Å². The molecule has 1 saturated heterocycles. The Hall–Kier alpha value is -2.24. The molecule has 0 saturated carbocycles. The fraction of sp³-hybridized carbons (Fsp3) is 0.619. The molecule has 6 nitrogen and oxygen atoms in total. The lowest BCUT2D eigenvalue weighted by Crippen LogP contribution is -2.36. The zero-order valence-corrected chi connectivity index (χ0v) is 17.1. The summed E-state index contributed by atoms with van der Waals surface area (Å²) in [7, 11) is 3.23. The van der Waals surface area contributed by atoms with Crippen LogP contribution in [0.4, 0.5) is 0 Å². The fourth-order valence-electron chi connectivity index (χ4n) is 3.58. The highest BCUT2D eigenvalue weighted by Crippen LogP contribution is 2.39. The number of carbonyl (C=O) groups is 2. The van der Waals surface area contributed by atoms with E-state index in [1.165, 1.54) is 0 Å². The number of amides is 2. The van der Waals surface area contributed by atoms with Crippen molar-refractivity contribution in [2.24, 2.45) is 11.8 Å². The number of carbonyl (C=O) groups excluding carboxylic acids is 2. The van der Waals surface area contributed by atoms with Gasteiger partial charge in [-0.2, -0.15) is 0 Å². The molecule has 2 amide bonds. The molecule has 6 heteroatoms. The molecule has 1 aromatic rings. The number of hydrogen-bond acceptors (Lipinski definition) is 4. The number of likely N-dealkylation sites (tertiary alicyclic amines) is 1. The number of rotatable bonds is 8. The first-order valence-electron chi connectivity index (χ1n) is 9.68. The molecule has 1 aliphatic rings. The molecule has 150 valence electrons. The summed E-state index contributed by atoms with van der Waals surface area (Å²) in [5.74, 6) is 1.39. The quantitative estimate of drug-likeness (QED) is 0.758. The van der Waals surface area contributed by atoms with E-state index in [1.54, 1.807) is 14.2 Å². The van der Waals surface area contributed by atoms with Crippen LogP contribution in [0.3, 0.4) is 0 Å². The summed E-state index contributed by atoms with van der Waals surface area (Å²) in [4.78, 5) is 27.3. The monoisotopic (exact) mass is 376 g/mol. The van der Waals surface area contributed by atoms with E-state index in [9.17, 15) is 9.59 Å². The van der Waals surface area contributed by atoms with E-state index in [4.69, 9.17) is 9.47 Å². The van der Waals surface area contributed by atoms with Crippen LogP contribution in [0, 0.1) is 11.8 Å². The first-order chi connectivity index (χ1) is 12.9. The van der Waals surface area contributed by atoms with E-state index in [2.05, 4.69) is 5.32 Å². The van der Waals surface area contributed by atoms with Crippen LogP contribution < -0.4 is 14.8 Å². The molecule has 0 bridgehead atoms. The summed E-state index contributed by atoms with van der Waals surface area (Å²) in [6.07, 6.45) is 1.37. The number of nitrogens with zero attached hydrogens (tertiary/aromatic N) is 1. The van der Waals surface area contributed by atoms with E-state index in [0.717, 1.165) is 12.0 Å². The predicted molar refractivity (Wildman–Crippen MR) is 105 cm³/mol. The molecule has 0 radical (unpaired) electrons. The Morgan fingerprint density at radius 3 is 2.56 bits per heavy atom. The summed E-state index contributed by atoms with van der Waals surface area (Å²) in [5.41, 5.74) is 0.911. The molecule has 2 rings (SSSR count). The van der Waals surface area contributed by atoms with Crippen molar-refractivity contribution in [1.29, 1.82) is 0 Å². The van der Waals surface area contributed by atoms with Gasteiger partial charge in [-0.1, -0.05) is 20.8 Å². The van der Waals surface area contributed by atoms with Crippen molar-refractivity contribution in [3.05, 3.63) is 23.8 Å². The molecule has 1 aliphatic heterocycles. The SMILES string of the molecule is CCCNC(=O)[C@H]1CN(C(=O)CC(C)C)C[C@@H]1c1cc(OC)ccc1OC. The highest BCUT2D eigenvalue weighted by Gasteiger charge is 2.41. The van der Waals surface area contributed by atoms with Crippen LogP contribution >= 0.6 is 0 Å². The Kier molecular flexibility index (Phi) is 7.51. The molecule has 27 heavy (non-hydrogen) atoms. The zero-order valence-electron chi connectivity index (χ0n) is 17.1. The number of hydrogen-bond donors (Lipinski definition) is 1. The Labute approximate surface area is 162 Å². The number of ether oxygens (including phenoxy) is 2. The van der Waals surface area contributed by atoms with E-state index >= 15 is 0 Å². The van der Waals surface area contributed by atoms with Crippen LogP contribution in [-0.4, -0.2) is 50.6 Å². The molecular formula is C21H32N2O4. The topological polar surface area (TPSA) is 67.9 Å². The number of nitrogens with one attached hydrogen (secondary N) is 1. The third kappa shape index (κ3) is 5.15. The van der Waals surface area contributed by atoms with Crippen molar-refractivity contribution in [1.82, 2.24) is 10.2 Å². The van der Waals surface area contributed by atoms with Gasteiger partial charge in [0.05, 0.1) is 20.1 Å². The van der Waals surface area contributed by atoms with Gasteiger partial charge in [0, 0.05) is 37.5 Å². The molecular weight excluding hydrogens is 344 g/mol. The number of benzene rings is 1. The zero-order chi connectivity index (χ0) is 20.0. The smallest absolute Gasteiger partial charge is 0.225 e. The molecule has 0 unspecified atom stereocenters. The maximum atomic E-state index is 12.8. The molecule has 0 spiro atoms. The maximum Gasteiger partial charge on any atom is 0.225 e. The van der Waals surface area contributed by atoms with Crippen molar-refractivity contribution >= 4 is 11.8 Å². The first-order valence-corrected chi connectivity index (χ1v) is 9.68. The molecule has 1 aromatic carbocycles. The predicted octanol–water partition coefficient (Wildman–Crippen LogP) is 2.82. The van der Waals surface area contributed by atoms with Crippen molar-refractivity contribution in [2.75, 3.05) is 33.9 Å². The van der Waals surface area contributed by atoms with Gasteiger partial charge in [-0.25, -0.2) is 0 Å². The van der Waals surface area contributed by atoms with E-state index in [0.29, 0.717) is 37.6 Å². The van der Waals surface area contributed by atoms with Gasteiger partial charge >= 0.3 is 0 Å². The van der Waals surface area contributed by atoms with Gasteiger partial charge in [-0.3, -0.25) is 9.59 Å². The van der Waals surface area contributed by atoms with Gasteiger partial charge < -0.3 is 19.7 Å². The van der Waals surface area contributed by atoms with Crippen molar-refractivity contribution in [3.8, 4) is 11.5 Å². The van der Waals surface area contributed by atoms with Gasteiger partial charge in [0.2, 0.25) is 11.8 Å². The Morgan fingerprint density at radius 1 is 1.22 bits per heavy atom. The second kappa shape index (κ2) is 9.62. The largest absolute Gasteiger partial charge is 0.497 e. The first kappa shape index (κ1) is 21.1. The lowest BCUT2D eigenvalue weighted by Gasteiger charge is -2.21. The molecule has 1 heterocycles. The second-order valence-electron chi connectivity index (χ2n) is 7.51. The molecule has 1 fully saturated rings. The summed E-state index contributed by atoms with van der Waals surface area (Å²) >= 11 is 0. The summed E-state index contributed by atoms with van der Waals surface area (Å²) in [5, 5.41) is 2.99. The van der Waals surface area contributed by atoms with Gasteiger partial charge in [0.15, 0.2) is 0 Å². The summed E-state index contributed by atoms with van der Waals surface area (Å²) in [6.45, 7) is 7.67. The van der Waals surface area contributed by atoms with E-state index < -0.39 is 0 Å². The van der Waals surface area contributed by atoms with Crippen molar-refractivity contribution in [3.63, 3.8) is 0 Å². The lowest BCUT2D eigenvalue weighted by atomic mass is 9.87. The number of methoxy groups -OCH3 is 2. The minimum atomic E-state index is -0.298. The average Bonchev–Trinajstić information content (AvgIpc) is 3.10. The average molecular weight is 376 g/mol. The fourth-order valence-corrected chi connectivity index (χ4v) is 3.58. The van der Waals surface area contributed by atoms with Crippen LogP contribution in [0.2, 0.25) is 0 Å². The Bertz CT molecular complexity index is 660. The van der Waals surface area contributed by atoms with Gasteiger partial charge in [-0.15, -0.1) is 0 Å². The Balaban J connectivity index is 2.34. The highest BCUT2D eigenvalue weighted by molar-refractivity contribution is 5.83.